The largest absolute Gasteiger partial charge is 0.488 e. The van der Waals surface area contributed by atoms with Gasteiger partial charge in [-0.05, 0) is 66.5 Å². The van der Waals surface area contributed by atoms with Crippen molar-refractivity contribution in [2.45, 2.75) is 78.2 Å². The van der Waals surface area contributed by atoms with Crippen LogP contribution in [0.15, 0.2) is 42.5 Å². The van der Waals surface area contributed by atoms with E-state index in [1.54, 1.807) is 0 Å². The van der Waals surface area contributed by atoms with E-state index in [0.717, 1.165) is 22.2 Å². The standard InChI is InChI=1S/C26H36N2O3S/c1-17(2)30-24-28-21-14-19(31-25(3,4)5)13-20(23(21)32-24)22(29)16-27-26(6,7)15-18-11-9-8-10-12-18/h8-14,17,22,27,29H,15-16H2,1-7H3. The summed E-state index contributed by atoms with van der Waals surface area (Å²) in [6.07, 6.45) is 0.203. The first-order chi connectivity index (χ1) is 14.9. The number of rotatable bonds is 9. The van der Waals surface area contributed by atoms with Crippen LogP contribution in [0.5, 0.6) is 10.9 Å². The van der Waals surface area contributed by atoms with Crippen molar-refractivity contribution in [3.05, 3.63) is 53.6 Å². The molecule has 0 saturated carbocycles. The summed E-state index contributed by atoms with van der Waals surface area (Å²) in [6, 6.07) is 14.2. The van der Waals surface area contributed by atoms with Crippen molar-refractivity contribution in [2.24, 2.45) is 0 Å². The van der Waals surface area contributed by atoms with Crippen LogP contribution in [-0.4, -0.2) is 33.9 Å². The maximum Gasteiger partial charge on any atom is 0.274 e. The van der Waals surface area contributed by atoms with Gasteiger partial charge >= 0.3 is 0 Å². The molecule has 1 heterocycles. The number of fused-ring (bicyclic) bond motifs is 1. The summed E-state index contributed by atoms with van der Waals surface area (Å²) in [7, 11) is 0. The van der Waals surface area contributed by atoms with Crippen LogP contribution in [-0.2, 0) is 6.42 Å². The zero-order valence-electron chi connectivity index (χ0n) is 20.2. The molecule has 0 saturated heterocycles. The molecule has 0 bridgehead atoms. The number of aromatic nitrogens is 1. The number of hydrogen-bond acceptors (Lipinski definition) is 6. The topological polar surface area (TPSA) is 63.6 Å². The molecule has 0 amide bonds. The molecular formula is C26H36N2O3S. The summed E-state index contributed by atoms with van der Waals surface area (Å²) in [5.41, 5.74) is 2.34. The Labute approximate surface area is 195 Å². The number of nitrogens with one attached hydrogen (secondary N) is 1. The molecular weight excluding hydrogens is 420 g/mol. The van der Waals surface area contributed by atoms with Crippen molar-refractivity contribution in [3.63, 3.8) is 0 Å². The summed E-state index contributed by atoms with van der Waals surface area (Å²) in [5, 5.41) is 15.3. The van der Waals surface area contributed by atoms with E-state index in [-0.39, 0.29) is 17.2 Å². The highest BCUT2D eigenvalue weighted by molar-refractivity contribution is 7.20. The molecule has 0 aliphatic heterocycles. The number of thiazole rings is 1. The highest BCUT2D eigenvalue weighted by Gasteiger charge is 2.23. The van der Waals surface area contributed by atoms with E-state index < -0.39 is 6.10 Å². The quantitative estimate of drug-likeness (QED) is 0.419. The second-order valence-electron chi connectivity index (χ2n) is 10.2. The molecule has 3 rings (SSSR count). The van der Waals surface area contributed by atoms with Gasteiger partial charge in [-0.15, -0.1) is 0 Å². The van der Waals surface area contributed by atoms with Crippen LogP contribution in [0.1, 0.15) is 65.7 Å². The van der Waals surface area contributed by atoms with Gasteiger partial charge < -0.3 is 19.9 Å². The van der Waals surface area contributed by atoms with Crippen molar-refractivity contribution in [2.75, 3.05) is 6.54 Å². The fourth-order valence-electron chi connectivity index (χ4n) is 3.58. The van der Waals surface area contributed by atoms with Gasteiger partial charge in [-0.25, -0.2) is 4.98 Å². The molecule has 1 unspecified atom stereocenters. The van der Waals surface area contributed by atoms with Gasteiger partial charge in [0.05, 0.1) is 22.4 Å². The average molecular weight is 457 g/mol. The molecule has 32 heavy (non-hydrogen) atoms. The Hall–Kier alpha value is -2.15. The lowest BCUT2D eigenvalue weighted by Gasteiger charge is -2.28. The third-order valence-corrected chi connectivity index (χ3v) is 5.87. The van der Waals surface area contributed by atoms with Crippen molar-refractivity contribution in [1.82, 2.24) is 10.3 Å². The second kappa shape index (κ2) is 9.77. The minimum absolute atomic E-state index is 0.0367. The molecule has 2 N–H and O–H groups in total. The van der Waals surface area contributed by atoms with Crippen molar-refractivity contribution < 1.29 is 14.6 Å². The van der Waals surface area contributed by atoms with E-state index in [9.17, 15) is 5.11 Å². The van der Waals surface area contributed by atoms with Gasteiger partial charge in [0.25, 0.3) is 5.19 Å². The number of β-amino-alcohol motifs (C(OH)–C–C–N with tert-alkyl or cyclic N) is 1. The Morgan fingerprint density at radius 2 is 1.75 bits per heavy atom. The SMILES string of the molecule is CC(C)Oc1nc2cc(OC(C)(C)C)cc(C(O)CNC(C)(C)Cc3ccccc3)c2s1. The molecule has 1 atom stereocenters. The van der Waals surface area contributed by atoms with E-state index in [2.05, 4.69) is 48.4 Å². The molecule has 174 valence electrons. The third-order valence-electron chi connectivity index (χ3n) is 4.86. The number of ether oxygens (including phenoxy) is 2. The smallest absolute Gasteiger partial charge is 0.274 e. The maximum absolute atomic E-state index is 11.2. The lowest BCUT2D eigenvalue weighted by molar-refractivity contribution is 0.129. The van der Waals surface area contributed by atoms with Crippen LogP contribution in [0.4, 0.5) is 0 Å². The van der Waals surface area contributed by atoms with E-state index in [0.29, 0.717) is 17.5 Å². The van der Waals surface area contributed by atoms with Crippen LogP contribution in [0, 0.1) is 0 Å². The summed E-state index contributed by atoms with van der Waals surface area (Å²) in [4.78, 5) is 4.64. The van der Waals surface area contributed by atoms with Crippen molar-refractivity contribution >= 4 is 21.6 Å². The Balaban J connectivity index is 1.84. The molecule has 0 radical (unpaired) electrons. The van der Waals surface area contributed by atoms with Gasteiger partial charge in [-0.2, -0.15) is 0 Å². The lowest BCUT2D eigenvalue weighted by atomic mass is 9.94. The Bertz CT molecular complexity index is 1020. The number of aliphatic hydroxyl groups is 1. The molecule has 2 aromatic carbocycles. The number of aliphatic hydroxyl groups excluding tert-OH is 1. The zero-order valence-corrected chi connectivity index (χ0v) is 21.0. The molecule has 0 aliphatic rings. The Morgan fingerprint density at radius 3 is 2.38 bits per heavy atom. The molecule has 1 aromatic heterocycles. The first kappa shape index (κ1) is 24.5. The van der Waals surface area contributed by atoms with Crippen LogP contribution in [0.2, 0.25) is 0 Å². The molecule has 5 nitrogen and oxygen atoms in total. The first-order valence-corrected chi connectivity index (χ1v) is 12.0. The summed E-state index contributed by atoms with van der Waals surface area (Å²) in [5.74, 6) is 0.698. The van der Waals surface area contributed by atoms with Crippen molar-refractivity contribution in [3.8, 4) is 10.9 Å². The van der Waals surface area contributed by atoms with Crippen LogP contribution in [0.25, 0.3) is 10.2 Å². The average Bonchev–Trinajstić information content (AvgIpc) is 3.06. The summed E-state index contributed by atoms with van der Waals surface area (Å²) in [6.45, 7) is 14.7. The maximum atomic E-state index is 11.2. The van der Waals surface area contributed by atoms with Crippen LogP contribution >= 0.6 is 11.3 Å². The van der Waals surface area contributed by atoms with Gasteiger partial charge in [0.15, 0.2) is 0 Å². The van der Waals surface area contributed by atoms with Crippen LogP contribution in [0.3, 0.4) is 0 Å². The minimum atomic E-state index is -0.705. The highest BCUT2D eigenvalue weighted by atomic mass is 32.1. The molecule has 6 heteroatoms. The predicted molar refractivity (Wildman–Crippen MR) is 133 cm³/mol. The van der Waals surface area contributed by atoms with Gasteiger partial charge in [0.1, 0.15) is 11.4 Å². The van der Waals surface area contributed by atoms with Crippen molar-refractivity contribution in [1.29, 1.82) is 0 Å². The molecule has 0 fully saturated rings. The van der Waals surface area contributed by atoms with Gasteiger partial charge in [0.2, 0.25) is 0 Å². The normalized spacial score (nSPS) is 13.5. The fourth-order valence-corrected chi connectivity index (χ4v) is 4.66. The molecule has 3 aromatic rings. The van der Waals surface area contributed by atoms with E-state index in [1.165, 1.54) is 16.9 Å². The van der Waals surface area contributed by atoms with E-state index in [4.69, 9.17) is 9.47 Å². The monoisotopic (exact) mass is 456 g/mol. The lowest BCUT2D eigenvalue weighted by Crippen LogP contribution is -2.43. The van der Waals surface area contributed by atoms with E-state index in [1.807, 2.05) is 52.8 Å². The van der Waals surface area contributed by atoms with Gasteiger partial charge in [-0.1, -0.05) is 41.7 Å². The first-order valence-electron chi connectivity index (χ1n) is 11.2. The predicted octanol–water partition coefficient (Wildman–Crippen LogP) is 5.91. The fraction of sp³-hybridized carbons (Fsp3) is 0.500. The number of benzene rings is 2. The third kappa shape index (κ3) is 6.92. The Kier molecular flexibility index (Phi) is 7.48. The van der Waals surface area contributed by atoms with Gasteiger partial charge in [-0.3, -0.25) is 0 Å². The number of hydrogen-bond donors (Lipinski definition) is 2. The minimum Gasteiger partial charge on any atom is -0.488 e. The Morgan fingerprint density at radius 1 is 1.06 bits per heavy atom. The van der Waals surface area contributed by atoms with Gasteiger partial charge in [0, 0.05) is 23.7 Å². The van der Waals surface area contributed by atoms with Crippen LogP contribution < -0.4 is 14.8 Å². The zero-order chi connectivity index (χ0) is 23.5. The number of nitrogens with zero attached hydrogens (tertiary/aromatic N) is 1. The summed E-state index contributed by atoms with van der Waals surface area (Å²) >= 11 is 1.47. The highest BCUT2D eigenvalue weighted by Crippen LogP contribution is 2.37. The molecule has 0 aliphatic carbocycles. The second-order valence-corrected chi connectivity index (χ2v) is 11.1. The van der Waals surface area contributed by atoms with E-state index >= 15 is 0 Å². The molecule has 0 spiro atoms. The summed E-state index contributed by atoms with van der Waals surface area (Å²) < 4.78 is 12.9.